The lowest BCUT2D eigenvalue weighted by atomic mass is 10.1. The summed E-state index contributed by atoms with van der Waals surface area (Å²) in [6.07, 6.45) is 4.75. The molecule has 0 bridgehead atoms. The van der Waals surface area contributed by atoms with Gasteiger partial charge in [-0.25, -0.2) is 0 Å². The highest BCUT2D eigenvalue weighted by molar-refractivity contribution is 8.00. The van der Waals surface area contributed by atoms with E-state index in [2.05, 4.69) is 11.6 Å². The third kappa shape index (κ3) is 2.75. The molecule has 1 saturated carbocycles. The number of primary amides is 1. The van der Waals surface area contributed by atoms with Crippen LogP contribution >= 0.6 is 11.8 Å². The fourth-order valence-electron chi connectivity index (χ4n) is 1.86. The highest BCUT2D eigenvalue weighted by Crippen LogP contribution is 2.47. The van der Waals surface area contributed by atoms with Crippen molar-refractivity contribution in [2.75, 3.05) is 18.1 Å². The summed E-state index contributed by atoms with van der Waals surface area (Å²) in [5.41, 5.74) is 7.97. The lowest BCUT2D eigenvalue weighted by Crippen LogP contribution is -2.18. The summed E-state index contributed by atoms with van der Waals surface area (Å²) >= 11 is 1.93. The predicted molar refractivity (Wildman–Crippen MR) is 73.7 cm³/mol. The van der Waals surface area contributed by atoms with Crippen molar-refractivity contribution in [1.82, 2.24) is 0 Å². The number of anilines is 1. The molecule has 0 aliphatic heterocycles. The summed E-state index contributed by atoms with van der Waals surface area (Å²) in [6.45, 7) is 2.98. The van der Waals surface area contributed by atoms with Gasteiger partial charge in [-0.2, -0.15) is 11.8 Å². The molecule has 0 spiro atoms. The Morgan fingerprint density at radius 1 is 1.53 bits per heavy atom. The van der Waals surface area contributed by atoms with Gasteiger partial charge in [-0.15, -0.1) is 0 Å². The van der Waals surface area contributed by atoms with Crippen molar-refractivity contribution < 1.29 is 4.79 Å². The number of nitrogens with two attached hydrogens (primary N) is 1. The maximum atomic E-state index is 11.0. The lowest BCUT2D eigenvalue weighted by molar-refractivity contribution is 0.1000. The number of hydrogen-bond acceptors (Lipinski definition) is 3. The first kappa shape index (κ1) is 12.3. The summed E-state index contributed by atoms with van der Waals surface area (Å²) < 4.78 is 0.439. The number of amides is 1. The monoisotopic (exact) mass is 250 g/mol. The van der Waals surface area contributed by atoms with Gasteiger partial charge in [0.25, 0.3) is 0 Å². The first-order valence-electron chi connectivity index (χ1n) is 5.76. The van der Waals surface area contributed by atoms with Gasteiger partial charge in [-0.05, 0) is 49.8 Å². The lowest BCUT2D eigenvalue weighted by Gasteiger charge is -2.16. The Morgan fingerprint density at radius 3 is 2.71 bits per heavy atom. The number of thioether (sulfide) groups is 1. The van der Waals surface area contributed by atoms with Crippen LogP contribution in [0.3, 0.4) is 0 Å². The molecule has 0 saturated heterocycles. The molecule has 1 fully saturated rings. The van der Waals surface area contributed by atoms with Crippen molar-refractivity contribution in [3.05, 3.63) is 29.3 Å². The van der Waals surface area contributed by atoms with Crippen molar-refractivity contribution in [2.45, 2.75) is 24.5 Å². The summed E-state index contributed by atoms with van der Waals surface area (Å²) in [5, 5.41) is 3.46. The molecule has 92 valence electrons. The SMILES string of the molecule is CSC1(CNc2ccc(C(N)=O)cc2C)CC1. The van der Waals surface area contributed by atoms with Crippen LogP contribution in [0.1, 0.15) is 28.8 Å². The average molecular weight is 250 g/mol. The Morgan fingerprint density at radius 2 is 2.24 bits per heavy atom. The van der Waals surface area contributed by atoms with Gasteiger partial charge >= 0.3 is 0 Å². The molecule has 2 rings (SSSR count). The normalized spacial score (nSPS) is 16.6. The number of hydrogen-bond donors (Lipinski definition) is 2. The fourth-order valence-corrected chi connectivity index (χ4v) is 2.59. The van der Waals surface area contributed by atoms with E-state index in [0.717, 1.165) is 17.8 Å². The van der Waals surface area contributed by atoms with Crippen LogP contribution in [0.25, 0.3) is 0 Å². The van der Waals surface area contributed by atoms with Gasteiger partial charge in [0.1, 0.15) is 0 Å². The molecule has 0 aromatic heterocycles. The van der Waals surface area contributed by atoms with Crippen molar-refractivity contribution >= 4 is 23.4 Å². The Bertz CT molecular complexity index is 441. The molecular formula is C13H18N2OS. The first-order valence-corrected chi connectivity index (χ1v) is 6.98. The molecule has 4 heteroatoms. The summed E-state index contributed by atoms with van der Waals surface area (Å²) in [6, 6.07) is 5.55. The molecule has 1 aromatic carbocycles. The van der Waals surface area contributed by atoms with E-state index in [1.165, 1.54) is 12.8 Å². The summed E-state index contributed by atoms with van der Waals surface area (Å²) in [7, 11) is 0. The third-order valence-electron chi connectivity index (χ3n) is 3.35. The highest BCUT2D eigenvalue weighted by Gasteiger charge is 2.41. The highest BCUT2D eigenvalue weighted by atomic mass is 32.2. The predicted octanol–water partition coefficient (Wildman–Crippen LogP) is 2.40. The molecule has 1 aromatic rings. The maximum Gasteiger partial charge on any atom is 0.248 e. The minimum absolute atomic E-state index is 0.373. The van der Waals surface area contributed by atoms with Crippen LogP contribution < -0.4 is 11.1 Å². The second kappa shape index (κ2) is 4.61. The van der Waals surface area contributed by atoms with Crippen LogP contribution in [0.5, 0.6) is 0 Å². The number of benzene rings is 1. The number of rotatable bonds is 5. The van der Waals surface area contributed by atoms with Gasteiger partial charge in [-0.1, -0.05) is 0 Å². The first-order chi connectivity index (χ1) is 8.06. The summed E-state index contributed by atoms with van der Waals surface area (Å²) in [4.78, 5) is 11.0. The van der Waals surface area contributed by atoms with Crippen molar-refractivity contribution in [3.63, 3.8) is 0 Å². The van der Waals surface area contributed by atoms with Crippen molar-refractivity contribution in [1.29, 1.82) is 0 Å². The maximum absolute atomic E-state index is 11.0. The van der Waals surface area contributed by atoms with Crippen LogP contribution in [-0.4, -0.2) is 23.5 Å². The van der Waals surface area contributed by atoms with Crippen molar-refractivity contribution in [3.8, 4) is 0 Å². The van der Waals surface area contributed by atoms with Crippen LogP contribution in [-0.2, 0) is 0 Å². The van der Waals surface area contributed by atoms with Gasteiger partial charge in [0.2, 0.25) is 5.91 Å². The van der Waals surface area contributed by atoms with Crippen LogP contribution in [0.2, 0.25) is 0 Å². The zero-order valence-electron chi connectivity index (χ0n) is 10.2. The Kier molecular flexibility index (Phi) is 3.33. The molecule has 3 nitrogen and oxygen atoms in total. The van der Waals surface area contributed by atoms with E-state index in [0.29, 0.717) is 10.3 Å². The summed E-state index contributed by atoms with van der Waals surface area (Å²) in [5.74, 6) is -0.373. The minimum atomic E-state index is -0.373. The molecule has 3 N–H and O–H groups in total. The van der Waals surface area contributed by atoms with E-state index < -0.39 is 0 Å². The zero-order chi connectivity index (χ0) is 12.5. The second-order valence-corrected chi connectivity index (χ2v) is 5.91. The molecule has 1 amide bonds. The van der Waals surface area contributed by atoms with Gasteiger partial charge < -0.3 is 11.1 Å². The molecule has 0 atom stereocenters. The topological polar surface area (TPSA) is 55.1 Å². The fraction of sp³-hybridized carbons (Fsp3) is 0.462. The Balaban J connectivity index is 2.04. The van der Waals surface area contributed by atoms with E-state index in [1.54, 1.807) is 6.07 Å². The van der Waals surface area contributed by atoms with Gasteiger partial charge in [-0.3, -0.25) is 4.79 Å². The third-order valence-corrected chi connectivity index (χ3v) is 4.77. The number of aryl methyl sites for hydroxylation is 1. The Hall–Kier alpha value is -1.16. The van der Waals surface area contributed by atoms with Gasteiger partial charge in [0, 0.05) is 22.5 Å². The average Bonchev–Trinajstić information content (AvgIpc) is 3.08. The van der Waals surface area contributed by atoms with E-state index >= 15 is 0 Å². The van der Waals surface area contributed by atoms with E-state index in [1.807, 2.05) is 30.8 Å². The second-order valence-electron chi connectivity index (χ2n) is 4.63. The largest absolute Gasteiger partial charge is 0.383 e. The van der Waals surface area contributed by atoms with Crippen LogP contribution in [0, 0.1) is 6.92 Å². The molecule has 17 heavy (non-hydrogen) atoms. The molecule has 0 heterocycles. The van der Waals surface area contributed by atoms with Gasteiger partial charge in [0.15, 0.2) is 0 Å². The molecule has 1 aliphatic carbocycles. The zero-order valence-corrected chi connectivity index (χ0v) is 11.1. The number of carbonyl (C=O) groups is 1. The van der Waals surface area contributed by atoms with E-state index in [-0.39, 0.29) is 5.91 Å². The van der Waals surface area contributed by atoms with Gasteiger partial charge in [0.05, 0.1) is 0 Å². The van der Waals surface area contributed by atoms with Crippen LogP contribution in [0.4, 0.5) is 5.69 Å². The van der Waals surface area contributed by atoms with Crippen molar-refractivity contribution in [2.24, 2.45) is 5.73 Å². The minimum Gasteiger partial charge on any atom is -0.383 e. The number of nitrogens with one attached hydrogen (secondary N) is 1. The quantitative estimate of drug-likeness (QED) is 0.843. The Labute approximate surface area is 106 Å². The molecule has 0 radical (unpaired) electrons. The van der Waals surface area contributed by atoms with Crippen LogP contribution in [0.15, 0.2) is 18.2 Å². The standard InChI is InChI=1S/C13H18N2OS/c1-9-7-10(12(14)16)3-4-11(9)15-8-13(17-2)5-6-13/h3-4,7,15H,5-6,8H2,1-2H3,(H2,14,16). The number of carbonyl (C=O) groups excluding carboxylic acids is 1. The smallest absolute Gasteiger partial charge is 0.248 e. The van der Waals surface area contributed by atoms with E-state index in [4.69, 9.17) is 5.73 Å². The molecule has 0 unspecified atom stereocenters. The molecule has 1 aliphatic rings. The molecular weight excluding hydrogens is 232 g/mol. The van der Waals surface area contributed by atoms with E-state index in [9.17, 15) is 4.79 Å².